The summed E-state index contributed by atoms with van der Waals surface area (Å²) in [6, 6.07) is 7.13. The minimum atomic E-state index is -0.344. The number of nitrogens with one attached hydrogen (secondary N) is 1. The predicted octanol–water partition coefficient (Wildman–Crippen LogP) is 4.40. The van der Waals surface area contributed by atoms with Crippen LogP contribution in [0.5, 0.6) is 5.75 Å². The van der Waals surface area contributed by atoms with Gasteiger partial charge in [-0.05, 0) is 55.8 Å². The van der Waals surface area contributed by atoms with Crippen molar-refractivity contribution >= 4 is 12.1 Å². The molecule has 1 aliphatic heterocycles. The molecule has 1 fully saturated rings. The van der Waals surface area contributed by atoms with Crippen LogP contribution in [0.15, 0.2) is 73.1 Å². The number of hydrogen-bond donors (Lipinski definition) is 1. The van der Waals surface area contributed by atoms with Gasteiger partial charge in [0.15, 0.2) is 0 Å². The second kappa shape index (κ2) is 9.74. The van der Waals surface area contributed by atoms with Gasteiger partial charge in [-0.2, -0.15) is 0 Å². The van der Waals surface area contributed by atoms with E-state index in [0.717, 1.165) is 17.7 Å². The summed E-state index contributed by atoms with van der Waals surface area (Å²) >= 11 is 0. The molecule has 1 atom stereocenters. The number of allylic oxidation sites excluding steroid dienone is 4. The van der Waals surface area contributed by atoms with E-state index >= 15 is 0 Å². The fraction of sp³-hybridized carbons (Fsp3) is 0.304. The maximum Gasteiger partial charge on any atom is 0.253 e. The molecule has 1 unspecified atom stereocenters. The van der Waals surface area contributed by atoms with Gasteiger partial charge < -0.3 is 19.8 Å². The molecular formula is C23H28N2O3. The molecule has 5 nitrogen and oxygen atoms in total. The number of rotatable bonds is 9. The first-order chi connectivity index (χ1) is 13.5. The molecule has 28 heavy (non-hydrogen) atoms. The van der Waals surface area contributed by atoms with Gasteiger partial charge in [0.2, 0.25) is 0 Å². The molecule has 148 valence electrons. The minimum Gasteiger partial charge on any atom is -0.497 e. The molecule has 1 saturated heterocycles. The summed E-state index contributed by atoms with van der Waals surface area (Å²) in [4.78, 5) is 14.8. The molecule has 1 heterocycles. The summed E-state index contributed by atoms with van der Waals surface area (Å²) in [6.45, 7) is 11.0. The Bertz CT molecular complexity index is 793. The van der Waals surface area contributed by atoms with Crippen molar-refractivity contribution in [2.75, 3.05) is 26.8 Å². The lowest BCUT2D eigenvalue weighted by atomic mass is 9.80. The number of likely N-dealkylation sites (tertiary alicyclic amines) is 1. The van der Waals surface area contributed by atoms with Crippen LogP contribution in [0.25, 0.3) is 0 Å². The van der Waals surface area contributed by atoms with E-state index in [4.69, 9.17) is 14.9 Å². The van der Waals surface area contributed by atoms with Crippen molar-refractivity contribution in [3.05, 3.63) is 78.6 Å². The maximum atomic E-state index is 13.0. The van der Waals surface area contributed by atoms with Crippen LogP contribution in [0.3, 0.4) is 0 Å². The zero-order valence-electron chi connectivity index (χ0n) is 16.6. The summed E-state index contributed by atoms with van der Waals surface area (Å²) in [7, 11) is 1.60. The van der Waals surface area contributed by atoms with Crippen molar-refractivity contribution in [1.82, 2.24) is 4.90 Å². The smallest absolute Gasteiger partial charge is 0.253 e. The quantitative estimate of drug-likeness (QED) is 0.392. The van der Waals surface area contributed by atoms with Gasteiger partial charge in [-0.15, -0.1) is 0 Å². The molecule has 0 aromatic heterocycles. The predicted molar refractivity (Wildman–Crippen MR) is 113 cm³/mol. The molecule has 1 N–H and O–H groups in total. The molecular weight excluding hydrogens is 352 g/mol. The fourth-order valence-electron chi connectivity index (χ4n) is 3.33. The van der Waals surface area contributed by atoms with Gasteiger partial charge >= 0.3 is 0 Å². The molecule has 0 saturated carbocycles. The van der Waals surface area contributed by atoms with Crippen LogP contribution >= 0.6 is 0 Å². The largest absolute Gasteiger partial charge is 0.497 e. The van der Waals surface area contributed by atoms with Crippen molar-refractivity contribution in [2.24, 2.45) is 5.41 Å². The van der Waals surface area contributed by atoms with Crippen molar-refractivity contribution in [1.29, 1.82) is 5.41 Å². The highest BCUT2D eigenvalue weighted by atomic mass is 16.5. The normalized spacial score (nSPS) is 19.9. The SMILES string of the molecule is C=C/C=C(\C=C)OCC1(/C(C)=C/C=N)CCN(C(=O)c2ccc(OC)cc2)C1. The van der Waals surface area contributed by atoms with E-state index < -0.39 is 0 Å². The number of ether oxygens (including phenoxy) is 2. The molecule has 2 rings (SSSR count). The highest BCUT2D eigenvalue weighted by Gasteiger charge is 2.42. The Hall–Kier alpha value is -3.08. The lowest BCUT2D eigenvalue weighted by molar-refractivity contribution is 0.0749. The van der Waals surface area contributed by atoms with Gasteiger partial charge in [-0.25, -0.2) is 0 Å². The topological polar surface area (TPSA) is 62.6 Å². The number of nitrogens with zero attached hydrogens (tertiary/aromatic N) is 1. The van der Waals surface area contributed by atoms with E-state index in [1.54, 1.807) is 55.7 Å². The first kappa shape index (κ1) is 21.2. The number of carbonyl (C=O) groups is 1. The number of amides is 1. The average Bonchev–Trinajstić information content (AvgIpc) is 3.16. The summed E-state index contributed by atoms with van der Waals surface area (Å²) in [5.41, 5.74) is 1.31. The van der Waals surface area contributed by atoms with Gasteiger partial charge in [0.05, 0.1) is 13.7 Å². The van der Waals surface area contributed by atoms with Gasteiger partial charge in [0, 0.05) is 30.3 Å². The Morgan fingerprint density at radius 1 is 1.29 bits per heavy atom. The Balaban J connectivity index is 2.21. The van der Waals surface area contributed by atoms with Crippen LogP contribution < -0.4 is 4.74 Å². The van der Waals surface area contributed by atoms with E-state index in [0.29, 0.717) is 31.0 Å². The fourth-order valence-corrected chi connectivity index (χ4v) is 3.33. The van der Waals surface area contributed by atoms with Gasteiger partial charge in [0.25, 0.3) is 5.91 Å². The van der Waals surface area contributed by atoms with Crippen molar-refractivity contribution in [3.8, 4) is 5.75 Å². The molecule has 0 bridgehead atoms. The number of carbonyl (C=O) groups excluding carboxylic acids is 1. The number of hydrogen-bond acceptors (Lipinski definition) is 4. The van der Waals surface area contributed by atoms with Crippen molar-refractivity contribution < 1.29 is 14.3 Å². The highest BCUT2D eigenvalue weighted by Crippen LogP contribution is 2.39. The van der Waals surface area contributed by atoms with Gasteiger partial charge in [-0.3, -0.25) is 4.79 Å². The summed E-state index contributed by atoms with van der Waals surface area (Å²) < 4.78 is 11.1. The van der Waals surface area contributed by atoms with Crippen LogP contribution in [0.1, 0.15) is 23.7 Å². The summed E-state index contributed by atoms with van der Waals surface area (Å²) in [5, 5.41) is 7.43. The van der Waals surface area contributed by atoms with E-state index in [1.807, 2.05) is 11.8 Å². The van der Waals surface area contributed by atoms with Gasteiger partial charge in [0.1, 0.15) is 11.5 Å². The lowest BCUT2D eigenvalue weighted by Gasteiger charge is -2.30. The molecule has 1 amide bonds. The van der Waals surface area contributed by atoms with E-state index in [1.165, 1.54) is 6.21 Å². The number of benzene rings is 1. The maximum absolute atomic E-state index is 13.0. The van der Waals surface area contributed by atoms with Crippen LogP contribution in [-0.4, -0.2) is 43.8 Å². The lowest BCUT2D eigenvalue weighted by Crippen LogP contribution is -2.35. The molecule has 0 spiro atoms. The zero-order chi connectivity index (χ0) is 20.6. The molecule has 1 aromatic rings. The Labute approximate surface area is 167 Å². The minimum absolute atomic E-state index is 0.0160. The number of methoxy groups -OCH3 is 1. The Kier molecular flexibility index (Phi) is 7.38. The molecule has 5 heteroatoms. The Morgan fingerprint density at radius 2 is 2.00 bits per heavy atom. The van der Waals surface area contributed by atoms with Crippen molar-refractivity contribution in [2.45, 2.75) is 13.3 Å². The van der Waals surface area contributed by atoms with Crippen molar-refractivity contribution in [3.63, 3.8) is 0 Å². The van der Waals surface area contributed by atoms with Crippen LogP contribution in [0.2, 0.25) is 0 Å². The first-order valence-electron chi connectivity index (χ1n) is 9.19. The molecule has 1 aliphatic rings. The Morgan fingerprint density at radius 3 is 2.57 bits per heavy atom. The third-order valence-corrected chi connectivity index (χ3v) is 5.15. The standard InChI is InChI=1S/C23H28N2O3/c1-5-7-20(6-2)28-17-23(18(3)12-14-24)13-15-25(16-23)22(26)19-8-10-21(27-4)11-9-19/h5-12,14,24H,1-2,13,15-17H2,3-4H3/b18-12+,20-7+,24-14?. The van der Waals surface area contributed by atoms with E-state index in [-0.39, 0.29) is 11.3 Å². The third kappa shape index (κ3) is 4.80. The summed E-state index contributed by atoms with van der Waals surface area (Å²) in [6.07, 6.45) is 8.86. The van der Waals surface area contributed by atoms with E-state index in [9.17, 15) is 4.79 Å². The molecule has 1 aromatic carbocycles. The molecule has 0 radical (unpaired) electrons. The summed E-state index contributed by atoms with van der Waals surface area (Å²) in [5.74, 6) is 1.34. The average molecular weight is 380 g/mol. The first-order valence-corrected chi connectivity index (χ1v) is 9.19. The monoisotopic (exact) mass is 380 g/mol. The zero-order valence-corrected chi connectivity index (χ0v) is 16.6. The molecule has 0 aliphatic carbocycles. The van der Waals surface area contributed by atoms with Crippen LogP contribution in [0, 0.1) is 10.8 Å². The van der Waals surface area contributed by atoms with Crippen LogP contribution in [-0.2, 0) is 4.74 Å². The van der Waals surface area contributed by atoms with Crippen LogP contribution in [0.4, 0.5) is 0 Å². The van der Waals surface area contributed by atoms with E-state index in [2.05, 4.69) is 13.2 Å². The second-order valence-electron chi connectivity index (χ2n) is 6.80. The third-order valence-electron chi connectivity index (χ3n) is 5.15. The van der Waals surface area contributed by atoms with Gasteiger partial charge in [-0.1, -0.05) is 24.8 Å². The highest BCUT2D eigenvalue weighted by molar-refractivity contribution is 5.94. The second-order valence-corrected chi connectivity index (χ2v) is 6.80.